The highest BCUT2D eigenvalue weighted by atomic mass is 16.2. The first kappa shape index (κ1) is 21.2. The number of imide groups is 1. The van der Waals surface area contributed by atoms with Crippen LogP contribution in [0.25, 0.3) is 0 Å². The summed E-state index contributed by atoms with van der Waals surface area (Å²) in [6.45, 7) is 1.41. The van der Waals surface area contributed by atoms with E-state index in [1.807, 2.05) is 35.2 Å². The molecule has 170 valence electrons. The number of likely N-dealkylation sites (tertiary alicyclic amines) is 1. The molecule has 1 spiro atoms. The van der Waals surface area contributed by atoms with Crippen molar-refractivity contribution >= 4 is 23.8 Å². The summed E-state index contributed by atoms with van der Waals surface area (Å²) in [5.41, 5.74) is 2.16. The number of carbonyl (C=O) groups is 4. The molecule has 2 fully saturated rings. The van der Waals surface area contributed by atoms with Crippen molar-refractivity contribution in [3.05, 3.63) is 70.8 Å². The van der Waals surface area contributed by atoms with Gasteiger partial charge in [0.2, 0.25) is 5.91 Å². The number of rotatable bonds is 5. The second-order valence-corrected chi connectivity index (χ2v) is 8.86. The Morgan fingerprint density at radius 3 is 2.64 bits per heavy atom. The average molecular weight is 447 g/mol. The van der Waals surface area contributed by atoms with E-state index in [1.54, 1.807) is 18.2 Å². The fourth-order valence-corrected chi connectivity index (χ4v) is 5.05. The Labute approximate surface area is 191 Å². The molecule has 1 aliphatic carbocycles. The largest absolute Gasteiger partial charge is 0.350 e. The molecule has 2 aliphatic heterocycles. The van der Waals surface area contributed by atoms with Crippen molar-refractivity contribution in [3.8, 4) is 0 Å². The van der Waals surface area contributed by atoms with Gasteiger partial charge in [0.25, 0.3) is 11.8 Å². The number of benzene rings is 2. The molecule has 5 amide bonds. The van der Waals surface area contributed by atoms with Crippen molar-refractivity contribution in [2.24, 2.45) is 0 Å². The summed E-state index contributed by atoms with van der Waals surface area (Å²) < 4.78 is 0. The molecule has 0 radical (unpaired) electrons. The number of carbonyl (C=O) groups excluding carboxylic acids is 4. The molecule has 8 heteroatoms. The molecule has 1 atom stereocenters. The molecule has 2 heterocycles. The van der Waals surface area contributed by atoms with Gasteiger partial charge in [-0.25, -0.2) is 4.79 Å². The molecule has 8 nitrogen and oxygen atoms in total. The lowest BCUT2D eigenvalue weighted by molar-refractivity contribution is -0.135. The van der Waals surface area contributed by atoms with E-state index in [-0.39, 0.29) is 24.9 Å². The molecular weight excluding hydrogens is 420 g/mol. The van der Waals surface area contributed by atoms with Gasteiger partial charge in [0.05, 0.1) is 0 Å². The zero-order chi connectivity index (χ0) is 23.0. The molecule has 2 saturated heterocycles. The van der Waals surface area contributed by atoms with Gasteiger partial charge in [-0.1, -0.05) is 36.4 Å². The smallest absolute Gasteiger partial charge is 0.325 e. The molecule has 3 aliphatic rings. The first-order valence-corrected chi connectivity index (χ1v) is 11.4. The molecular formula is C25H26N4O4. The third kappa shape index (κ3) is 3.75. The van der Waals surface area contributed by atoms with Gasteiger partial charge < -0.3 is 15.5 Å². The summed E-state index contributed by atoms with van der Waals surface area (Å²) in [7, 11) is 0. The van der Waals surface area contributed by atoms with Crippen LogP contribution in [0.1, 0.15) is 46.3 Å². The van der Waals surface area contributed by atoms with Crippen LogP contribution in [0.5, 0.6) is 0 Å². The summed E-state index contributed by atoms with van der Waals surface area (Å²) in [5, 5.41) is 5.59. The Bertz CT molecular complexity index is 1140. The van der Waals surface area contributed by atoms with E-state index in [0.717, 1.165) is 47.5 Å². The van der Waals surface area contributed by atoms with E-state index >= 15 is 0 Å². The number of hydrogen-bond donors (Lipinski definition) is 2. The van der Waals surface area contributed by atoms with Crippen LogP contribution < -0.4 is 10.6 Å². The van der Waals surface area contributed by atoms with Gasteiger partial charge in [-0.3, -0.25) is 19.3 Å². The molecule has 1 unspecified atom stereocenters. The van der Waals surface area contributed by atoms with Gasteiger partial charge in [-0.15, -0.1) is 0 Å². The molecule has 2 aromatic rings. The van der Waals surface area contributed by atoms with Crippen molar-refractivity contribution in [1.29, 1.82) is 0 Å². The van der Waals surface area contributed by atoms with Crippen molar-refractivity contribution < 1.29 is 19.2 Å². The number of amides is 5. The quantitative estimate of drug-likeness (QED) is 0.686. The van der Waals surface area contributed by atoms with Crippen LogP contribution >= 0.6 is 0 Å². The predicted molar refractivity (Wildman–Crippen MR) is 120 cm³/mol. The van der Waals surface area contributed by atoms with Crippen molar-refractivity contribution in [2.75, 3.05) is 19.6 Å². The van der Waals surface area contributed by atoms with Crippen LogP contribution in [0.3, 0.4) is 0 Å². The fourth-order valence-electron chi connectivity index (χ4n) is 5.05. The van der Waals surface area contributed by atoms with Crippen LogP contribution in [0.2, 0.25) is 0 Å². The minimum Gasteiger partial charge on any atom is -0.350 e. The minimum atomic E-state index is -1.07. The molecule has 0 aromatic heterocycles. The highest BCUT2D eigenvalue weighted by Crippen LogP contribution is 2.41. The zero-order valence-corrected chi connectivity index (χ0v) is 18.3. The van der Waals surface area contributed by atoms with Crippen molar-refractivity contribution in [3.63, 3.8) is 0 Å². The van der Waals surface area contributed by atoms with Crippen molar-refractivity contribution in [2.45, 2.75) is 37.8 Å². The topological polar surface area (TPSA) is 98.8 Å². The standard InChI is InChI=1S/C25H26N4O4/c30-21(26-15-17-6-5-8-19(14-17)22(31)28-12-3-4-13-28)16-29-23(32)25(27-24(29)33)11-10-18-7-1-2-9-20(18)25/h1-2,5-9,14H,3-4,10-13,15-16H2,(H,26,30)(H,27,33). The maximum absolute atomic E-state index is 13.2. The SMILES string of the molecule is O=C(CN1C(=O)NC2(CCc3ccccc32)C1=O)NCc1cccc(C(=O)N2CCCC2)c1. The average Bonchev–Trinajstić information content (AvgIpc) is 3.54. The second kappa shape index (κ2) is 8.35. The molecule has 2 N–H and O–H groups in total. The van der Waals surface area contributed by atoms with E-state index in [2.05, 4.69) is 10.6 Å². The van der Waals surface area contributed by atoms with Gasteiger partial charge in [0, 0.05) is 25.2 Å². The summed E-state index contributed by atoms with van der Waals surface area (Å²) >= 11 is 0. The number of nitrogens with zero attached hydrogens (tertiary/aromatic N) is 2. The second-order valence-electron chi connectivity index (χ2n) is 8.86. The highest BCUT2D eigenvalue weighted by molar-refractivity contribution is 6.09. The van der Waals surface area contributed by atoms with Gasteiger partial charge in [-0.2, -0.15) is 0 Å². The van der Waals surface area contributed by atoms with Crippen LogP contribution in [0, 0.1) is 0 Å². The maximum Gasteiger partial charge on any atom is 0.325 e. The maximum atomic E-state index is 13.2. The van der Waals surface area contributed by atoms with Crippen LogP contribution in [-0.4, -0.2) is 53.2 Å². The third-order valence-corrected chi connectivity index (χ3v) is 6.78. The summed E-state index contributed by atoms with van der Waals surface area (Å²) in [5.74, 6) is -0.814. The fraction of sp³-hybridized carbons (Fsp3) is 0.360. The first-order chi connectivity index (χ1) is 16.0. The third-order valence-electron chi connectivity index (χ3n) is 6.78. The van der Waals surface area contributed by atoms with Crippen molar-refractivity contribution in [1.82, 2.24) is 20.4 Å². The van der Waals surface area contributed by atoms with Gasteiger partial charge in [0.1, 0.15) is 12.1 Å². The Morgan fingerprint density at radius 2 is 1.82 bits per heavy atom. The van der Waals surface area contributed by atoms with E-state index in [9.17, 15) is 19.2 Å². The van der Waals surface area contributed by atoms with Gasteiger partial charge in [0.15, 0.2) is 0 Å². The lowest BCUT2D eigenvalue weighted by Gasteiger charge is -2.22. The van der Waals surface area contributed by atoms with Crippen LogP contribution in [0.4, 0.5) is 4.79 Å². The van der Waals surface area contributed by atoms with Gasteiger partial charge >= 0.3 is 6.03 Å². The first-order valence-electron chi connectivity index (χ1n) is 11.4. The Kier molecular flexibility index (Phi) is 5.36. The lowest BCUT2D eigenvalue weighted by atomic mass is 9.92. The van der Waals surface area contributed by atoms with E-state index in [0.29, 0.717) is 18.4 Å². The number of aryl methyl sites for hydroxylation is 1. The number of urea groups is 1. The molecule has 5 rings (SSSR count). The Morgan fingerprint density at radius 1 is 1.03 bits per heavy atom. The normalized spacial score (nSPS) is 21.5. The number of hydrogen-bond acceptors (Lipinski definition) is 4. The van der Waals surface area contributed by atoms with Crippen LogP contribution in [-0.2, 0) is 28.1 Å². The predicted octanol–water partition coefficient (Wildman–Crippen LogP) is 1.93. The highest BCUT2D eigenvalue weighted by Gasteiger charge is 2.55. The molecule has 0 saturated carbocycles. The number of fused-ring (bicyclic) bond motifs is 2. The summed E-state index contributed by atoms with van der Waals surface area (Å²) in [6, 6.07) is 14.2. The Balaban J connectivity index is 1.22. The summed E-state index contributed by atoms with van der Waals surface area (Å²) in [6.07, 6.45) is 3.25. The van der Waals surface area contributed by atoms with E-state index in [4.69, 9.17) is 0 Å². The lowest BCUT2D eigenvalue weighted by Crippen LogP contribution is -2.43. The molecule has 33 heavy (non-hydrogen) atoms. The van der Waals surface area contributed by atoms with Crippen LogP contribution in [0.15, 0.2) is 48.5 Å². The monoisotopic (exact) mass is 446 g/mol. The Hall–Kier alpha value is -3.68. The molecule has 2 aromatic carbocycles. The number of nitrogens with one attached hydrogen (secondary N) is 2. The van der Waals surface area contributed by atoms with Gasteiger partial charge in [-0.05, 0) is 54.5 Å². The minimum absolute atomic E-state index is 0.00199. The molecule has 0 bridgehead atoms. The van der Waals surface area contributed by atoms with E-state index < -0.39 is 17.5 Å². The van der Waals surface area contributed by atoms with E-state index in [1.165, 1.54) is 0 Å². The summed E-state index contributed by atoms with van der Waals surface area (Å²) in [4.78, 5) is 53.8. The zero-order valence-electron chi connectivity index (χ0n) is 18.3.